The summed E-state index contributed by atoms with van der Waals surface area (Å²) in [7, 11) is 2.09. The molecule has 3 nitrogen and oxygen atoms in total. The largest absolute Gasteiger partial charge is 0.457 e. The number of rotatable bonds is 18. The van der Waals surface area contributed by atoms with Crippen molar-refractivity contribution >= 4 is 0 Å². The molecule has 2 unspecified atom stereocenters. The third kappa shape index (κ3) is 12.1. The number of halogens is 6. The van der Waals surface area contributed by atoms with Crippen molar-refractivity contribution in [2.24, 2.45) is 0 Å². The maximum atomic E-state index is 13.6. The quantitative estimate of drug-likeness (QED) is 0.0961. The molecule has 0 aliphatic carbocycles. The minimum atomic E-state index is -4.53. The van der Waals surface area contributed by atoms with Crippen LogP contribution in [0.1, 0.15) is 84.0 Å². The molecule has 0 saturated carbocycles. The van der Waals surface area contributed by atoms with E-state index < -0.39 is 24.6 Å². The van der Waals surface area contributed by atoms with E-state index in [2.05, 4.69) is 38.1 Å². The molecule has 0 radical (unpaired) electrons. The van der Waals surface area contributed by atoms with Crippen molar-refractivity contribution in [1.29, 1.82) is 0 Å². The van der Waals surface area contributed by atoms with Crippen molar-refractivity contribution < 1.29 is 40.6 Å². The Morgan fingerprint density at radius 1 is 0.490 bits per heavy atom. The van der Waals surface area contributed by atoms with Gasteiger partial charge in [-0.2, -0.15) is 26.3 Å². The van der Waals surface area contributed by atoms with Crippen LogP contribution in [-0.4, -0.2) is 38.8 Å². The summed E-state index contributed by atoms with van der Waals surface area (Å²) < 4.78 is 97.9. The molecule has 0 spiro atoms. The standard InChI is InChI=1S/C42H48F6O3/c1-5-7-9-29-11-15-31(16-12-29)23-35-25-33(27-39(49-3)41(43,44)45)19-21-37(35)51-38-22-20-34(28-40(50-4)42(46,47)48)26-36(38)24-32-17-13-30(14-18-32)10-8-6-2/h11-22,25-26,39-40H,5-10,23-24,27-28H2,1-4H3. The zero-order chi connectivity index (χ0) is 37.0. The lowest BCUT2D eigenvalue weighted by molar-refractivity contribution is -0.212. The Balaban J connectivity index is 1.72. The predicted octanol–water partition coefficient (Wildman–Crippen LogP) is 11.6. The van der Waals surface area contributed by atoms with Gasteiger partial charge >= 0.3 is 12.4 Å². The Labute approximate surface area is 298 Å². The fraction of sp³-hybridized carbons (Fsp3) is 0.429. The first-order valence-corrected chi connectivity index (χ1v) is 17.6. The maximum absolute atomic E-state index is 13.6. The Bertz CT molecular complexity index is 1520. The van der Waals surface area contributed by atoms with Gasteiger partial charge in [-0.15, -0.1) is 0 Å². The van der Waals surface area contributed by atoms with Gasteiger partial charge in [0.2, 0.25) is 0 Å². The number of unbranched alkanes of at least 4 members (excludes halogenated alkanes) is 2. The van der Waals surface area contributed by atoms with E-state index in [0.717, 1.165) is 63.9 Å². The number of benzene rings is 4. The van der Waals surface area contributed by atoms with Crippen LogP contribution in [0.2, 0.25) is 0 Å². The van der Waals surface area contributed by atoms with Crippen LogP contribution in [0.4, 0.5) is 26.3 Å². The second-order valence-corrected chi connectivity index (χ2v) is 13.1. The van der Waals surface area contributed by atoms with Gasteiger partial charge < -0.3 is 14.2 Å². The van der Waals surface area contributed by atoms with Crippen LogP contribution in [0.5, 0.6) is 11.5 Å². The fourth-order valence-corrected chi connectivity index (χ4v) is 6.06. The zero-order valence-electron chi connectivity index (χ0n) is 29.8. The molecule has 0 N–H and O–H groups in total. The van der Waals surface area contributed by atoms with Gasteiger partial charge in [0, 0.05) is 39.9 Å². The van der Waals surface area contributed by atoms with Gasteiger partial charge in [0.25, 0.3) is 0 Å². The third-order valence-electron chi connectivity index (χ3n) is 9.08. The second kappa shape index (κ2) is 18.6. The molecule has 0 saturated heterocycles. The van der Waals surface area contributed by atoms with Gasteiger partial charge in [0.1, 0.15) is 11.5 Å². The van der Waals surface area contributed by atoms with Gasteiger partial charge in [0.05, 0.1) is 0 Å². The van der Waals surface area contributed by atoms with Crippen LogP contribution in [0.25, 0.3) is 0 Å². The summed E-state index contributed by atoms with van der Waals surface area (Å²) in [5.74, 6) is 0.896. The van der Waals surface area contributed by atoms with Crippen molar-refractivity contribution in [3.8, 4) is 11.5 Å². The number of hydrogen-bond acceptors (Lipinski definition) is 3. The molecule has 0 amide bonds. The molecular weight excluding hydrogens is 666 g/mol. The summed E-state index contributed by atoms with van der Waals surface area (Å²) in [5.41, 5.74) is 6.60. The van der Waals surface area contributed by atoms with Gasteiger partial charge in [-0.3, -0.25) is 0 Å². The molecule has 0 aliphatic heterocycles. The van der Waals surface area contributed by atoms with E-state index in [9.17, 15) is 26.3 Å². The molecule has 0 aromatic heterocycles. The summed E-state index contributed by atoms with van der Waals surface area (Å²) in [6.45, 7) is 4.27. The molecule has 276 valence electrons. The van der Waals surface area contributed by atoms with Gasteiger partial charge in [-0.25, -0.2) is 0 Å². The molecule has 4 aromatic rings. The van der Waals surface area contributed by atoms with Crippen LogP contribution >= 0.6 is 0 Å². The lowest BCUT2D eigenvalue weighted by Crippen LogP contribution is -2.32. The first-order chi connectivity index (χ1) is 24.3. The Kier molecular flexibility index (Phi) is 14.6. The monoisotopic (exact) mass is 714 g/mol. The highest BCUT2D eigenvalue weighted by Crippen LogP contribution is 2.35. The average molecular weight is 715 g/mol. The lowest BCUT2D eigenvalue weighted by atomic mass is 9.97. The number of alkyl halides is 6. The van der Waals surface area contributed by atoms with Gasteiger partial charge in [-0.05, 0) is 82.3 Å². The first-order valence-electron chi connectivity index (χ1n) is 17.6. The Morgan fingerprint density at radius 3 is 1.14 bits per heavy atom. The van der Waals surface area contributed by atoms with E-state index >= 15 is 0 Å². The van der Waals surface area contributed by atoms with Crippen LogP contribution in [0, 0.1) is 0 Å². The Morgan fingerprint density at radius 2 is 0.824 bits per heavy atom. The molecule has 4 aromatic carbocycles. The first kappa shape index (κ1) is 40.0. The smallest absolute Gasteiger partial charge is 0.414 e. The van der Waals surface area contributed by atoms with Crippen molar-refractivity contribution in [3.05, 3.63) is 129 Å². The van der Waals surface area contributed by atoms with E-state index in [4.69, 9.17) is 14.2 Å². The molecular formula is C42H48F6O3. The third-order valence-corrected chi connectivity index (χ3v) is 9.08. The highest BCUT2D eigenvalue weighted by molar-refractivity contribution is 5.48. The van der Waals surface area contributed by atoms with E-state index in [0.29, 0.717) is 46.6 Å². The molecule has 0 bridgehead atoms. The normalized spacial score (nSPS) is 13.3. The van der Waals surface area contributed by atoms with Gasteiger partial charge in [0.15, 0.2) is 12.2 Å². The van der Waals surface area contributed by atoms with E-state index in [1.807, 2.05) is 24.3 Å². The number of ether oxygens (including phenoxy) is 3. The molecule has 51 heavy (non-hydrogen) atoms. The van der Waals surface area contributed by atoms with E-state index in [1.54, 1.807) is 36.4 Å². The maximum Gasteiger partial charge on any atom is 0.414 e. The fourth-order valence-electron chi connectivity index (χ4n) is 6.06. The predicted molar refractivity (Wildman–Crippen MR) is 190 cm³/mol. The SMILES string of the molecule is CCCCc1ccc(Cc2cc(CC(OC)C(F)(F)F)ccc2Oc2ccc(CC(OC)C(F)(F)F)cc2Cc2ccc(CCCC)cc2)cc1. The van der Waals surface area contributed by atoms with E-state index in [-0.39, 0.29) is 12.8 Å². The molecule has 0 aliphatic rings. The number of aryl methyl sites for hydroxylation is 2. The van der Waals surface area contributed by atoms with Crippen molar-refractivity contribution in [1.82, 2.24) is 0 Å². The van der Waals surface area contributed by atoms with Crippen LogP contribution in [0.3, 0.4) is 0 Å². The summed E-state index contributed by atoms with van der Waals surface area (Å²) in [5, 5.41) is 0. The number of methoxy groups -OCH3 is 2. The Hall–Kier alpha value is -3.82. The summed E-state index contributed by atoms with van der Waals surface area (Å²) in [4.78, 5) is 0. The van der Waals surface area contributed by atoms with Crippen molar-refractivity contribution in [2.45, 2.75) is 103 Å². The van der Waals surface area contributed by atoms with E-state index in [1.165, 1.54) is 11.1 Å². The highest BCUT2D eigenvalue weighted by atomic mass is 19.4. The summed E-state index contributed by atoms with van der Waals surface area (Å²) >= 11 is 0. The molecule has 0 fully saturated rings. The molecule has 9 heteroatoms. The summed E-state index contributed by atoms with van der Waals surface area (Å²) in [6, 6.07) is 26.3. The number of hydrogen-bond donors (Lipinski definition) is 0. The van der Waals surface area contributed by atoms with Gasteiger partial charge in [-0.1, -0.05) is 99.5 Å². The second-order valence-electron chi connectivity index (χ2n) is 13.1. The molecule has 0 heterocycles. The zero-order valence-corrected chi connectivity index (χ0v) is 29.8. The molecule has 4 rings (SSSR count). The van der Waals surface area contributed by atoms with Crippen LogP contribution < -0.4 is 4.74 Å². The van der Waals surface area contributed by atoms with Crippen molar-refractivity contribution in [2.75, 3.05) is 14.2 Å². The van der Waals surface area contributed by atoms with Crippen molar-refractivity contribution in [3.63, 3.8) is 0 Å². The topological polar surface area (TPSA) is 27.7 Å². The highest BCUT2D eigenvalue weighted by Gasteiger charge is 2.40. The summed E-state index contributed by atoms with van der Waals surface area (Å²) in [6.07, 6.45) is -6.68. The molecule has 2 atom stereocenters. The lowest BCUT2D eigenvalue weighted by Gasteiger charge is -2.21. The average Bonchev–Trinajstić information content (AvgIpc) is 3.09. The minimum Gasteiger partial charge on any atom is -0.457 e. The minimum absolute atomic E-state index is 0.364. The van der Waals surface area contributed by atoms with Crippen LogP contribution in [0.15, 0.2) is 84.9 Å². The van der Waals surface area contributed by atoms with Crippen LogP contribution in [-0.2, 0) is 48.0 Å².